The summed E-state index contributed by atoms with van der Waals surface area (Å²) in [7, 11) is 0. The third kappa shape index (κ3) is 11.8. The molecule has 0 aliphatic carbocycles. The zero-order chi connectivity index (χ0) is 22.7. The lowest BCUT2D eigenvalue weighted by Crippen LogP contribution is -1.91. The highest BCUT2D eigenvalue weighted by Gasteiger charge is 1.97. The molecular formula is C32H42. The summed E-state index contributed by atoms with van der Waals surface area (Å²) in [5.41, 5.74) is 5.02. The third-order valence-corrected chi connectivity index (χ3v) is 5.89. The van der Waals surface area contributed by atoms with E-state index in [1.807, 2.05) is 0 Å². The van der Waals surface area contributed by atoms with Gasteiger partial charge in [-0.05, 0) is 61.1 Å². The number of hydrogen-bond acceptors (Lipinski definition) is 0. The minimum absolute atomic E-state index is 1.02. The van der Waals surface area contributed by atoms with Gasteiger partial charge in [-0.25, -0.2) is 0 Å². The Balaban J connectivity index is 1.68. The van der Waals surface area contributed by atoms with E-state index in [1.165, 1.54) is 75.3 Å². The van der Waals surface area contributed by atoms with E-state index in [4.69, 9.17) is 0 Å². The van der Waals surface area contributed by atoms with Gasteiger partial charge in [-0.1, -0.05) is 113 Å². The molecule has 0 amide bonds. The van der Waals surface area contributed by atoms with Gasteiger partial charge < -0.3 is 0 Å². The second-order valence-electron chi connectivity index (χ2n) is 8.83. The summed E-state index contributed by atoms with van der Waals surface area (Å²) in [6, 6.07) is 17.6. The minimum atomic E-state index is 1.02. The summed E-state index contributed by atoms with van der Waals surface area (Å²) >= 11 is 0. The molecular weight excluding hydrogens is 384 g/mol. The van der Waals surface area contributed by atoms with Crippen molar-refractivity contribution in [3.05, 3.63) is 70.8 Å². The summed E-state index contributed by atoms with van der Waals surface area (Å²) < 4.78 is 0. The van der Waals surface area contributed by atoms with Crippen molar-refractivity contribution in [2.75, 3.05) is 0 Å². The van der Waals surface area contributed by atoms with Gasteiger partial charge in [0.05, 0.1) is 0 Å². The van der Waals surface area contributed by atoms with Crippen LogP contribution in [0, 0.1) is 23.7 Å². The molecule has 0 bridgehead atoms. The largest absolute Gasteiger partial charge is 0.0979 e. The van der Waals surface area contributed by atoms with Crippen molar-refractivity contribution >= 4 is 0 Å². The summed E-state index contributed by atoms with van der Waals surface area (Å²) in [6.07, 6.45) is 17.3. The molecule has 0 aromatic heterocycles. The molecule has 0 aliphatic heterocycles. The van der Waals surface area contributed by atoms with Gasteiger partial charge in [-0.2, -0.15) is 0 Å². The first-order valence-corrected chi connectivity index (χ1v) is 13.0. The monoisotopic (exact) mass is 426 g/mol. The molecule has 2 aromatic rings. The molecule has 0 fully saturated rings. The van der Waals surface area contributed by atoms with Crippen LogP contribution in [-0.2, 0) is 12.8 Å². The molecule has 2 rings (SSSR count). The van der Waals surface area contributed by atoms with E-state index < -0.39 is 0 Å². The van der Waals surface area contributed by atoms with Crippen molar-refractivity contribution in [3.8, 4) is 23.7 Å². The van der Waals surface area contributed by atoms with Crippen LogP contribution in [-0.4, -0.2) is 0 Å². The van der Waals surface area contributed by atoms with Gasteiger partial charge in [0, 0.05) is 24.0 Å². The first-order valence-electron chi connectivity index (χ1n) is 13.0. The van der Waals surface area contributed by atoms with Crippen LogP contribution in [0.15, 0.2) is 48.5 Å². The van der Waals surface area contributed by atoms with Gasteiger partial charge in [0.1, 0.15) is 0 Å². The molecule has 0 heteroatoms. The fraction of sp³-hybridized carbons (Fsp3) is 0.500. The second kappa shape index (κ2) is 17.2. The van der Waals surface area contributed by atoms with Crippen molar-refractivity contribution in [2.24, 2.45) is 0 Å². The normalized spacial score (nSPS) is 10.2. The number of hydrogen-bond donors (Lipinski definition) is 0. The van der Waals surface area contributed by atoms with Gasteiger partial charge in [0.15, 0.2) is 0 Å². The molecule has 0 N–H and O–H groups in total. The fourth-order valence-electron chi connectivity index (χ4n) is 3.76. The number of benzene rings is 2. The van der Waals surface area contributed by atoms with Crippen molar-refractivity contribution < 1.29 is 0 Å². The predicted molar refractivity (Wildman–Crippen MR) is 141 cm³/mol. The smallest absolute Gasteiger partial charge is 0.0245 e. The van der Waals surface area contributed by atoms with E-state index in [9.17, 15) is 0 Å². The van der Waals surface area contributed by atoms with Crippen LogP contribution in [0.3, 0.4) is 0 Å². The topological polar surface area (TPSA) is 0 Å². The van der Waals surface area contributed by atoms with Crippen LogP contribution in [0.4, 0.5) is 0 Å². The van der Waals surface area contributed by atoms with Gasteiger partial charge in [0.25, 0.3) is 0 Å². The maximum absolute atomic E-state index is 3.33. The van der Waals surface area contributed by atoms with E-state index >= 15 is 0 Å². The fourth-order valence-corrected chi connectivity index (χ4v) is 3.76. The molecule has 32 heavy (non-hydrogen) atoms. The zero-order valence-electron chi connectivity index (χ0n) is 20.5. The highest BCUT2D eigenvalue weighted by molar-refractivity contribution is 5.38. The van der Waals surface area contributed by atoms with E-state index in [0.29, 0.717) is 0 Å². The van der Waals surface area contributed by atoms with Gasteiger partial charge in [-0.15, -0.1) is 0 Å². The second-order valence-corrected chi connectivity index (χ2v) is 8.83. The third-order valence-electron chi connectivity index (χ3n) is 5.89. The van der Waals surface area contributed by atoms with Crippen molar-refractivity contribution in [1.29, 1.82) is 0 Å². The molecule has 0 nitrogen and oxygen atoms in total. The molecule has 0 heterocycles. The van der Waals surface area contributed by atoms with Crippen LogP contribution < -0.4 is 0 Å². The lowest BCUT2D eigenvalue weighted by atomic mass is 10.0. The molecule has 2 aromatic carbocycles. The van der Waals surface area contributed by atoms with Crippen LogP contribution in [0.25, 0.3) is 0 Å². The first kappa shape index (κ1) is 25.8. The van der Waals surface area contributed by atoms with E-state index in [1.54, 1.807) is 0 Å². The quantitative estimate of drug-likeness (QED) is 0.221. The molecule has 0 unspecified atom stereocenters. The number of aryl methyl sites for hydroxylation is 2. The Morgan fingerprint density at radius 3 is 1.22 bits per heavy atom. The molecule has 0 atom stereocenters. The molecule has 0 spiro atoms. The first-order chi connectivity index (χ1) is 15.8. The standard InChI is InChI=1S/C32H42/c1-3-5-7-9-11-13-15-17-29-19-23-31(24-20-29)27-28-32-25-21-30(22-26-32)18-16-14-12-10-8-6-4-2/h19-26H,3-14,27-28H2,1-2H3. The summed E-state index contributed by atoms with van der Waals surface area (Å²) in [5.74, 6) is 13.3. The molecule has 170 valence electrons. The SMILES string of the molecule is CCCCCCCC#Cc1ccc(CCc2ccc(C#CCCCCCCC)cc2)cc1. The Labute approximate surface area is 198 Å². The average Bonchev–Trinajstić information content (AvgIpc) is 2.83. The summed E-state index contributed by atoms with van der Waals surface area (Å²) in [4.78, 5) is 0. The van der Waals surface area contributed by atoms with Crippen LogP contribution in [0.5, 0.6) is 0 Å². The Morgan fingerprint density at radius 2 is 0.844 bits per heavy atom. The predicted octanol–water partition coefficient (Wildman–Crippen LogP) is 8.90. The van der Waals surface area contributed by atoms with E-state index in [-0.39, 0.29) is 0 Å². The lowest BCUT2D eigenvalue weighted by Gasteiger charge is -2.03. The van der Waals surface area contributed by atoms with Crippen LogP contribution >= 0.6 is 0 Å². The average molecular weight is 427 g/mol. The summed E-state index contributed by atoms with van der Waals surface area (Å²) in [6.45, 7) is 4.51. The Kier molecular flexibility index (Phi) is 13.8. The number of rotatable bonds is 13. The number of unbranched alkanes of at least 4 members (excludes halogenated alkanes) is 10. The van der Waals surface area contributed by atoms with Crippen LogP contribution in [0.1, 0.15) is 113 Å². The van der Waals surface area contributed by atoms with Gasteiger partial charge in [-0.3, -0.25) is 0 Å². The minimum Gasteiger partial charge on any atom is -0.0979 e. The summed E-state index contributed by atoms with van der Waals surface area (Å²) in [5, 5.41) is 0. The Bertz CT molecular complexity index is 771. The maximum Gasteiger partial charge on any atom is 0.0245 e. The molecule has 0 saturated heterocycles. The Morgan fingerprint density at radius 1 is 0.469 bits per heavy atom. The molecule has 0 saturated carbocycles. The van der Waals surface area contributed by atoms with Crippen molar-refractivity contribution in [2.45, 2.75) is 104 Å². The van der Waals surface area contributed by atoms with Gasteiger partial charge >= 0.3 is 0 Å². The molecule has 0 aliphatic rings. The molecule has 0 radical (unpaired) electrons. The lowest BCUT2D eigenvalue weighted by molar-refractivity contribution is 0.641. The van der Waals surface area contributed by atoms with E-state index in [0.717, 1.165) is 36.8 Å². The van der Waals surface area contributed by atoms with Crippen molar-refractivity contribution in [3.63, 3.8) is 0 Å². The highest BCUT2D eigenvalue weighted by atomic mass is 14.0. The van der Waals surface area contributed by atoms with Gasteiger partial charge in [0.2, 0.25) is 0 Å². The highest BCUT2D eigenvalue weighted by Crippen LogP contribution is 2.11. The van der Waals surface area contributed by atoms with Crippen molar-refractivity contribution in [1.82, 2.24) is 0 Å². The Hall–Kier alpha value is -2.44. The maximum atomic E-state index is 3.33. The zero-order valence-corrected chi connectivity index (χ0v) is 20.5. The van der Waals surface area contributed by atoms with Crippen LogP contribution in [0.2, 0.25) is 0 Å². The van der Waals surface area contributed by atoms with E-state index in [2.05, 4.69) is 86.1 Å².